The molecule has 3 rings (SSSR count). The number of fused-ring (bicyclic) bond motifs is 2. The Balaban J connectivity index is 1.67. The van der Waals surface area contributed by atoms with Crippen molar-refractivity contribution in [2.45, 2.75) is 38.3 Å². The molecule has 0 aromatic heterocycles. The van der Waals surface area contributed by atoms with Gasteiger partial charge in [-0.05, 0) is 38.0 Å². The molecule has 20 heavy (non-hydrogen) atoms. The highest BCUT2D eigenvalue weighted by molar-refractivity contribution is 5.87. The first-order chi connectivity index (χ1) is 9.58. The number of carboxylic acids is 1. The van der Waals surface area contributed by atoms with Crippen molar-refractivity contribution in [3.8, 4) is 0 Å². The molecule has 1 saturated carbocycles. The number of carboxylic acid groups (broad SMARTS) is 1. The molecule has 6 atom stereocenters. The molecule has 2 N–H and O–H groups in total. The zero-order chi connectivity index (χ0) is 14.3. The highest BCUT2D eigenvalue weighted by Gasteiger charge is 2.51. The normalized spacial score (nSPS) is 40.0. The van der Waals surface area contributed by atoms with Gasteiger partial charge in [0.1, 0.15) is 0 Å². The average molecular weight is 279 g/mol. The maximum atomic E-state index is 12.5. The van der Waals surface area contributed by atoms with E-state index in [4.69, 9.17) is 4.74 Å². The lowest BCUT2D eigenvalue weighted by molar-refractivity contribution is -0.148. The highest BCUT2D eigenvalue weighted by Crippen LogP contribution is 2.48. The van der Waals surface area contributed by atoms with Gasteiger partial charge in [-0.3, -0.25) is 9.59 Å². The van der Waals surface area contributed by atoms with E-state index in [-0.39, 0.29) is 29.9 Å². The van der Waals surface area contributed by atoms with Crippen molar-refractivity contribution in [3.63, 3.8) is 0 Å². The number of amides is 1. The summed E-state index contributed by atoms with van der Waals surface area (Å²) in [5.74, 6) is -1.87. The molecule has 2 fully saturated rings. The summed E-state index contributed by atoms with van der Waals surface area (Å²) in [6.07, 6.45) is 6.81. The summed E-state index contributed by atoms with van der Waals surface area (Å²) in [4.78, 5) is 23.9. The van der Waals surface area contributed by atoms with Gasteiger partial charge in [0.2, 0.25) is 5.91 Å². The predicted molar refractivity (Wildman–Crippen MR) is 71.9 cm³/mol. The minimum atomic E-state index is -0.855. The molecule has 5 heteroatoms. The summed E-state index contributed by atoms with van der Waals surface area (Å²) in [7, 11) is 0. The van der Waals surface area contributed by atoms with Gasteiger partial charge in [-0.15, -0.1) is 0 Å². The summed E-state index contributed by atoms with van der Waals surface area (Å²) in [5, 5.41) is 12.3. The number of hydrogen-bond donors (Lipinski definition) is 2. The zero-order valence-corrected chi connectivity index (χ0v) is 11.6. The van der Waals surface area contributed by atoms with Crippen molar-refractivity contribution in [1.82, 2.24) is 5.32 Å². The molecule has 110 valence electrons. The quantitative estimate of drug-likeness (QED) is 0.758. The molecule has 0 aromatic rings. The van der Waals surface area contributed by atoms with Crippen molar-refractivity contribution >= 4 is 11.9 Å². The van der Waals surface area contributed by atoms with Gasteiger partial charge in [0.05, 0.1) is 24.0 Å². The van der Waals surface area contributed by atoms with Crippen molar-refractivity contribution in [2.75, 3.05) is 6.61 Å². The molecule has 2 bridgehead atoms. The summed E-state index contributed by atoms with van der Waals surface area (Å²) < 4.78 is 5.57. The Morgan fingerprint density at radius 1 is 1.30 bits per heavy atom. The monoisotopic (exact) mass is 279 g/mol. The molecule has 1 aliphatic heterocycles. The van der Waals surface area contributed by atoms with Crippen LogP contribution in [0.3, 0.4) is 0 Å². The number of carbonyl (C=O) groups is 2. The van der Waals surface area contributed by atoms with Crippen LogP contribution in [-0.2, 0) is 14.3 Å². The Morgan fingerprint density at radius 3 is 2.60 bits per heavy atom. The fourth-order valence-corrected chi connectivity index (χ4v) is 3.93. The van der Waals surface area contributed by atoms with Crippen LogP contribution < -0.4 is 5.32 Å². The van der Waals surface area contributed by atoms with Crippen LogP contribution in [0.2, 0.25) is 0 Å². The number of nitrogens with one attached hydrogen (secondary N) is 1. The summed E-state index contributed by atoms with van der Waals surface area (Å²) in [6, 6.07) is -0.0532. The van der Waals surface area contributed by atoms with Gasteiger partial charge < -0.3 is 15.2 Å². The largest absolute Gasteiger partial charge is 0.481 e. The molecular formula is C15H21NO4. The van der Waals surface area contributed by atoms with E-state index in [1.54, 1.807) is 0 Å². The molecule has 0 spiro atoms. The van der Waals surface area contributed by atoms with Crippen molar-refractivity contribution in [1.29, 1.82) is 0 Å². The summed E-state index contributed by atoms with van der Waals surface area (Å²) >= 11 is 0. The van der Waals surface area contributed by atoms with Gasteiger partial charge in [-0.25, -0.2) is 0 Å². The maximum absolute atomic E-state index is 12.5. The first kappa shape index (κ1) is 13.6. The number of rotatable bonds is 4. The van der Waals surface area contributed by atoms with Gasteiger partial charge in [0.25, 0.3) is 0 Å². The predicted octanol–water partition coefficient (Wildman–Crippen LogP) is 1.19. The first-order valence-corrected chi connectivity index (χ1v) is 7.41. The van der Waals surface area contributed by atoms with Crippen LogP contribution in [0.15, 0.2) is 12.2 Å². The van der Waals surface area contributed by atoms with E-state index >= 15 is 0 Å². The van der Waals surface area contributed by atoms with E-state index in [0.29, 0.717) is 0 Å². The number of ether oxygens (including phenoxy) is 1. The fraction of sp³-hybridized carbons (Fsp3) is 0.733. The average Bonchev–Trinajstić information content (AvgIpc) is 3.13. The molecule has 2 aliphatic carbocycles. The van der Waals surface area contributed by atoms with E-state index in [1.807, 2.05) is 19.1 Å². The smallest absolute Gasteiger partial charge is 0.307 e. The molecule has 6 unspecified atom stereocenters. The Bertz CT molecular complexity index is 441. The third-order valence-corrected chi connectivity index (χ3v) is 4.94. The number of carbonyl (C=O) groups excluding carboxylic acids is 1. The van der Waals surface area contributed by atoms with Crippen molar-refractivity contribution in [2.24, 2.45) is 23.7 Å². The lowest BCUT2D eigenvalue weighted by Crippen LogP contribution is -2.47. The SMILES string of the molecule is CC(NC(=O)C1C2C=CC(C2)C1C(=O)O)C1CCCO1. The second kappa shape index (κ2) is 5.20. The number of allylic oxidation sites excluding steroid dienone is 2. The van der Waals surface area contributed by atoms with E-state index in [1.165, 1.54) is 0 Å². The third-order valence-electron chi connectivity index (χ3n) is 4.94. The van der Waals surface area contributed by atoms with Crippen molar-refractivity contribution < 1.29 is 19.4 Å². The first-order valence-electron chi connectivity index (χ1n) is 7.41. The molecule has 0 radical (unpaired) electrons. The second-order valence-corrected chi connectivity index (χ2v) is 6.19. The number of aliphatic carboxylic acids is 1. The molecule has 0 aromatic carbocycles. The lowest BCUT2D eigenvalue weighted by Gasteiger charge is -2.27. The van der Waals surface area contributed by atoms with Crippen molar-refractivity contribution in [3.05, 3.63) is 12.2 Å². The number of hydrogen-bond acceptors (Lipinski definition) is 3. The molecule has 1 amide bonds. The Morgan fingerprint density at radius 2 is 2.00 bits per heavy atom. The van der Waals surface area contributed by atoms with E-state index < -0.39 is 17.8 Å². The van der Waals surface area contributed by atoms with Crippen LogP contribution in [0.25, 0.3) is 0 Å². The second-order valence-electron chi connectivity index (χ2n) is 6.19. The molecule has 3 aliphatic rings. The van der Waals surface area contributed by atoms with Gasteiger partial charge in [-0.1, -0.05) is 12.2 Å². The third kappa shape index (κ3) is 2.24. The lowest BCUT2D eigenvalue weighted by atomic mass is 9.82. The zero-order valence-electron chi connectivity index (χ0n) is 11.6. The minimum absolute atomic E-state index is 0.0197. The molecule has 1 saturated heterocycles. The minimum Gasteiger partial charge on any atom is -0.481 e. The van der Waals surface area contributed by atoms with E-state index in [9.17, 15) is 14.7 Å². The van der Waals surface area contributed by atoms with E-state index in [2.05, 4.69) is 5.32 Å². The van der Waals surface area contributed by atoms with Gasteiger partial charge in [0, 0.05) is 6.61 Å². The maximum Gasteiger partial charge on any atom is 0.307 e. The van der Waals surface area contributed by atoms with Crippen LogP contribution in [0.1, 0.15) is 26.2 Å². The Labute approximate surface area is 118 Å². The van der Waals surface area contributed by atoms with Crippen LogP contribution in [0.4, 0.5) is 0 Å². The summed E-state index contributed by atoms with van der Waals surface area (Å²) in [5.41, 5.74) is 0. The Kier molecular flexibility index (Phi) is 3.54. The van der Waals surface area contributed by atoms with Crippen LogP contribution in [-0.4, -0.2) is 35.7 Å². The highest BCUT2D eigenvalue weighted by atomic mass is 16.5. The fourth-order valence-electron chi connectivity index (χ4n) is 3.93. The van der Waals surface area contributed by atoms with Gasteiger partial charge in [-0.2, -0.15) is 0 Å². The molecule has 5 nitrogen and oxygen atoms in total. The van der Waals surface area contributed by atoms with Crippen LogP contribution in [0, 0.1) is 23.7 Å². The van der Waals surface area contributed by atoms with Crippen LogP contribution in [0.5, 0.6) is 0 Å². The summed E-state index contributed by atoms with van der Waals surface area (Å²) in [6.45, 7) is 2.69. The van der Waals surface area contributed by atoms with Gasteiger partial charge >= 0.3 is 5.97 Å². The van der Waals surface area contributed by atoms with E-state index in [0.717, 1.165) is 25.9 Å². The molecular weight excluding hydrogens is 258 g/mol. The van der Waals surface area contributed by atoms with Crippen LogP contribution >= 0.6 is 0 Å². The molecule has 1 heterocycles. The topological polar surface area (TPSA) is 75.6 Å². The Hall–Kier alpha value is -1.36. The standard InChI is InChI=1S/C15H21NO4/c1-8(11-3-2-6-20-11)16-14(17)12-9-4-5-10(7-9)13(12)15(18)19/h4-5,8-13H,2-3,6-7H2,1H3,(H,16,17)(H,18,19). The van der Waals surface area contributed by atoms with Gasteiger partial charge in [0.15, 0.2) is 0 Å².